The molecule has 0 spiro atoms. The molecule has 1 N–H and O–H groups in total. The second-order valence-corrected chi connectivity index (χ2v) is 7.09. The van der Waals surface area contributed by atoms with Crippen LogP contribution in [-0.4, -0.2) is 38.7 Å². The molecule has 3 amide bonds. The molecule has 2 heterocycles. The highest BCUT2D eigenvalue weighted by atomic mass is 16.2. The number of carbonyl (C=O) groups excluding carboxylic acids is 3. The van der Waals surface area contributed by atoms with Crippen LogP contribution in [0.4, 0.5) is 0 Å². The number of nitrogens with one attached hydrogen (secondary N) is 1. The number of imide groups is 1. The Bertz CT molecular complexity index is 920. The van der Waals surface area contributed by atoms with E-state index in [4.69, 9.17) is 0 Å². The van der Waals surface area contributed by atoms with Crippen LogP contribution < -0.4 is 5.32 Å². The van der Waals surface area contributed by atoms with Crippen LogP contribution in [0.5, 0.6) is 0 Å². The zero-order valence-corrected chi connectivity index (χ0v) is 15.2. The highest BCUT2D eigenvalue weighted by Crippen LogP contribution is 2.34. The summed E-state index contributed by atoms with van der Waals surface area (Å²) in [5, 5.41) is 2.83. The van der Waals surface area contributed by atoms with Crippen molar-refractivity contribution in [1.82, 2.24) is 19.8 Å². The quantitative estimate of drug-likeness (QED) is 0.642. The van der Waals surface area contributed by atoms with Gasteiger partial charge in [0.15, 0.2) is 0 Å². The number of aryl methyl sites for hydroxylation is 1. The zero-order chi connectivity index (χ0) is 19.0. The van der Waals surface area contributed by atoms with Gasteiger partial charge in [0.25, 0.3) is 0 Å². The molecule has 7 heteroatoms. The number of allylic oxidation sites excluding steroid dienone is 2. The maximum atomic E-state index is 12.4. The summed E-state index contributed by atoms with van der Waals surface area (Å²) in [6, 6.07) is 7.78. The van der Waals surface area contributed by atoms with Crippen LogP contribution in [0.2, 0.25) is 0 Å². The van der Waals surface area contributed by atoms with Crippen molar-refractivity contribution >= 4 is 28.8 Å². The van der Waals surface area contributed by atoms with Crippen LogP contribution in [0.1, 0.15) is 25.1 Å². The average molecular weight is 366 g/mol. The van der Waals surface area contributed by atoms with Crippen molar-refractivity contribution in [3.63, 3.8) is 0 Å². The summed E-state index contributed by atoms with van der Waals surface area (Å²) in [6.45, 7) is 0.445. The second kappa shape index (κ2) is 6.98. The van der Waals surface area contributed by atoms with Gasteiger partial charge in [-0.2, -0.15) is 0 Å². The fraction of sp³-hybridized carbons (Fsp3) is 0.400. The lowest BCUT2D eigenvalue weighted by Gasteiger charge is -2.14. The molecule has 2 atom stereocenters. The number of fused-ring (bicyclic) bond motifs is 2. The van der Waals surface area contributed by atoms with Crippen molar-refractivity contribution < 1.29 is 14.4 Å². The number of likely N-dealkylation sites (tertiary alicyclic amines) is 1. The van der Waals surface area contributed by atoms with Gasteiger partial charge in [-0.1, -0.05) is 24.3 Å². The van der Waals surface area contributed by atoms with Gasteiger partial charge in [-0.15, -0.1) is 0 Å². The molecule has 2 unspecified atom stereocenters. The molecule has 0 saturated carbocycles. The normalized spacial score (nSPS) is 21.7. The lowest BCUT2D eigenvalue weighted by molar-refractivity contribution is -0.140. The number of imidazole rings is 1. The van der Waals surface area contributed by atoms with Crippen molar-refractivity contribution in [2.24, 2.45) is 18.9 Å². The van der Waals surface area contributed by atoms with Crippen LogP contribution >= 0.6 is 0 Å². The molecule has 140 valence electrons. The van der Waals surface area contributed by atoms with E-state index in [9.17, 15) is 14.4 Å². The lowest BCUT2D eigenvalue weighted by atomic mass is 9.85. The molecule has 0 radical (unpaired) electrons. The minimum Gasteiger partial charge on any atom is -0.349 e. The number of nitrogens with zero attached hydrogens (tertiary/aromatic N) is 3. The Hall–Kier alpha value is -2.96. The molecule has 1 aliphatic heterocycles. The van der Waals surface area contributed by atoms with Gasteiger partial charge in [0.2, 0.25) is 17.7 Å². The van der Waals surface area contributed by atoms with E-state index < -0.39 is 0 Å². The summed E-state index contributed by atoms with van der Waals surface area (Å²) >= 11 is 0. The first-order chi connectivity index (χ1) is 13.1. The fourth-order valence-electron chi connectivity index (χ4n) is 3.92. The Kier molecular flexibility index (Phi) is 4.51. The molecule has 4 rings (SSSR count). The third kappa shape index (κ3) is 3.13. The smallest absolute Gasteiger partial charge is 0.233 e. The molecule has 1 fully saturated rings. The highest BCUT2D eigenvalue weighted by Gasteiger charge is 2.46. The van der Waals surface area contributed by atoms with Crippen molar-refractivity contribution in [3.05, 3.63) is 42.2 Å². The summed E-state index contributed by atoms with van der Waals surface area (Å²) < 4.78 is 1.95. The molecular formula is C20H22N4O3. The number of carbonyl (C=O) groups is 3. The Morgan fingerprint density at radius 1 is 1.15 bits per heavy atom. The van der Waals surface area contributed by atoms with Crippen LogP contribution in [0.15, 0.2) is 36.4 Å². The van der Waals surface area contributed by atoms with Gasteiger partial charge >= 0.3 is 0 Å². The zero-order valence-electron chi connectivity index (χ0n) is 15.2. The van der Waals surface area contributed by atoms with Crippen molar-refractivity contribution in [2.75, 3.05) is 6.54 Å². The van der Waals surface area contributed by atoms with Crippen LogP contribution in [-0.2, 0) is 28.0 Å². The first kappa shape index (κ1) is 17.5. The maximum Gasteiger partial charge on any atom is 0.233 e. The average Bonchev–Trinajstić information content (AvgIpc) is 3.14. The number of para-hydroxylation sites is 2. The SMILES string of the molecule is Cn1c(CNC(=O)CCN2C(=O)C3CC=CCC3C2=O)nc2ccccc21. The third-order valence-corrected chi connectivity index (χ3v) is 5.48. The van der Waals surface area contributed by atoms with E-state index in [1.54, 1.807) is 0 Å². The Balaban J connectivity index is 1.33. The maximum absolute atomic E-state index is 12.4. The Morgan fingerprint density at radius 2 is 1.81 bits per heavy atom. The molecule has 2 aliphatic rings. The van der Waals surface area contributed by atoms with E-state index in [0.717, 1.165) is 16.9 Å². The number of hydrogen-bond acceptors (Lipinski definition) is 4. The van der Waals surface area contributed by atoms with E-state index in [1.807, 2.05) is 48.0 Å². The van der Waals surface area contributed by atoms with Gasteiger partial charge in [0.05, 0.1) is 29.4 Å². The number of rotatable bonds is 5. The van der Waals surface area contributed by atoms with E-state index in [-0.39, 0.29) is 42.5 Å². The number of hydrogen-bond donors (Lipinski definition) is 1. The predicted molar refractivity (Wildman–Crippen MR) is 99.3 cm³/mol. The number of aromatic nitrogens is 2. The molecule has 2 aromatic rings. The molecule has 27 heavy (non-hydrogen) atoms. The first-order valence-electron chi connectivity index (χ1n) is 9.23. The monoisotopic (exact) mass is 366 g/mol. The number of benzene rings is 1. The van der Waals surface area contributed by atoms with Gasteiger partial charge < -0.3 is 9.88 Å². The minimum atomic E-state index is -0.245. The largest absolute Gasteiger partial charge is 0.349 e. The summed E-state index contributed by atoms with van der Waals surface area (Å²) in [5.41, 5.74) is 1.89. The molecule has 1 aliphatic carbocycles. The number of amides is 3. The van der Waals surface area contributed by atoms with Crippen molar-refractivity contribution in [1.29, 1.82) is 0 Å². The molecule has 0 bridgehead atoms. The minimum absolute atomic E-state index is 0.105. The first-order valence-corrected chi connectivity index (χ1v) is 9.23. The summed E-state index contributed by atoms with van der Waals surface area (Å²) in [5.74, 6) is -0.211. The van der Waals surface area contributed by atoms with E-state index in [0.29, 0.717) is 19.4 Å². The molecular weight excluding hydrogens is 344 g/mol. The molecule has 1 saturated heterocycles. The Labute approximate surface area is 157 Å². The standard InChI is InChI=1S/C20H22N4O3/c1-23-16-9-5-4-8-15(16)22-17(23)12-21-18(25)10-11-24-19(26)13-6-2-3-7-14(13)20(24)27/h2-5,8-9,13-14H,6-7,10-12H2,1H3,(H,21,25). The third-order valence-electron chi connectivity index (χ3n) is 5.48. The lowest BCUT2D eigenvalue weighted by Crippen LogP contribution is -2.35. The van der Waals surface area contributed by atoms with Crippen molar-refractivity contribution in [2.45, 2.75) is 25.8 Å². The molecule has 1 aromatic heterocycles. The highest BCUT2D eigenvalue weighted by molar-refractivity contribution is 6.05. The van der Waals surface area contributed by atoms with Crippen LogP contribution in [0.3, 0.4) is 0 Å². The molecule has 7 nitrogen and oxygen atoms in total. The van der Waals surface area contributed by atoms with Crippen LogP contribution in [0.25, 0.3) is 11.0 Å². The molecule has 1 aromatic carbocycles. The Morgan fingerprint density at radius 3 is 2.48 bits per heavy atom. The van der Waals surface area contributed by atoms with Gasteiger partial charge in [-0.3, -0.25) is 19.3 Å². The topological polar surface area (TPSA) is 84.3 Å². The van der Waals surface area contributed by atoms with Gasteiger partial charge in [-0.05, 0) is 25.0 Å². The summed E-state index contributed by atoms with van der Waals surface area (Å²) in [4.78, 5) is 42.8. The summed E-state index contributed by atoms with van der Waals surface area (Å²) in [6.07, 6.45) is 5.25. The van der Waals surface area contributed by atoms with E-state index in [2.05, 4.69) is 10.3 Å². The van der Waals surface area contributed by atoms with E-state index in [1.165, 1.54) is 4.90 Å². The van der Waals surface area contributed by atoms with Gasteiger partial charge in [0, 0.05) is 20.0 Å². The van der Waals surface area contributed by atoms with Crippen LogP contribution in [0, 0.1) is 11.8 Å². The van der Waals surface area contributed by atoms with Crippen molar-refractivity contribution in [3.8, 4) is 0 Å². The predicted octanol–water partition coefficient (Wildman–Crippen LogP) is 1.53. The van der Waals surface area contributed by atoms with Gasteiger partial charge in [0.1, 0.15) is 5.82 Å². The second-order valence-electron chi connectivity index (χ2n) is 7.09. The van der Waals surface area contributed by atoms with E-state index >= 15 is 0 Å². The fourth-order valence-corrected chi connectivity index (χ4v) is 3.92. The summed E-state index contributed by atoms with van der Waals surface area (Å²) in [7, 11) is 1.91. The van der Waals surface area contributed by atoms with Gasteiger partial charge in [-0.25, -0.2) is 4.98 Å².